The van der Waals surface area contributed by atoms with Crippen LogP contribution >= 0.6 is 0 Å². The standard InChI is InChI=1S/C26H41N5O6/c1-5-16(4)22(25(35)30-20(26(36)37)13-15(2)3)31-24(34)19(11-12-21(28)32)29-23(33)18(27)14-17-9-7-6-8-10-17/h6-10,15-16,18-20,22H,5,11-14,27H2,1-4H3,(H2,28,32)(H,29,33)(H,30,35)(H,31,34)(H,36,37). The largest absolute Gasteiger partial charge is 0.480 e. The Kier molecular flexibility index (Phi) is 13.3. The second-order valence-corrected chi connectivity index (χ2v) is 9.76. The molecule has 0 aliphatic rings. The molecule has 4 amide bonds. The Labute approximate surface area is 218 Å². The molecule has 1 aromatic carbocycles. The monoisotopic (exact) mass is 519 g/mol. The molecule has 37 heavy (non-hydrogen) atoms. The first kappa shape index (κ1) is 31.6. The highest BCUT2D eigenvalue weighted by Gasteiger charge is 2.33. The van der Waals surface area contributed by atoms with Crippen molar-refractivity contribution in [2.75, 3.05) is 0 Å². The molecule has 8 N–H and O–H groups in total. The van der Waals surface area contributed by atoms with E-state index in [1.807, 2.05) is 51.1 Å². The minimum Gasteiger partial charge on any atom is -0.480 e. The number of hydrogen-bond donors (Lipinski definition) is 6. The SMILES string of the molecule is CCC(C)C(NC(=O)C(CCC(N)=O)NC(=O)C(N)Cc1ccccc1)C(=O)NC(CC(C)C)C(=O)O. The Hall–Kier alpha value is -3.47. The number of nitrogens with two attached hydrogens (primary N) is 2. The molecular formula is C26H41N5O6. The van der Waals surface area contributed by atoms with Gasteiger partial charge in [0.2, 0.25) is 23.6 Å². The summed E-state index contributed by atoms with van der Waals surface area (Å²) in [5.41, 5.74) is 12.1. The van der Waals surface area contributed by atoms with Crippen molar-refractivity contribution in [1.29, 1.82) is 0 Å². The zero-order valence-electron chi connectivity index (χ0n) is 22.0. The van der Waals surface area contributed by atoms with Crippen molar-refractivity contribution in [3.8, 4) is 0 Å². The fourth-order valence-corrected chi connectivity index (χ4v) is 3.71. The molecule has 11 nitrogen and oxygen atoms in total. The third kappa shape index (κ3) is 11.4. The predicted molar refractivity (Wildman–Crippen MR) is 139 cm³/mol. The van der Waals surface area contributed by atoms with Crippen LogP contribution in [0.3, 0.4) is 0 Å². The zero-order valence-corrected chi connectivity index (χ0v) is 22.0. The van der Waals surface area contributed by atoms with Gasteiger partial charge in [-0.2, -0.15) is 0 Å². The van der Waals surface area contributed by atoms with Gasteiger partial charge in [-0.25, -0.2) is 4.79 Å². The normalized spacial score (nSPS) is 15.1. The van der Waals surface area contributed by atoms with Gasteiger partial charge < -0.3 is 32.5 Å². The Balaban J connectivity index is 3.02. The summed E-state index contributed by atoms with van der Waals surface area (Å²) in [4.78, 5) is 62.0. The molecule has 0 fully saturated rings. The molecule has 11 heteroatoms. The Bertz CT molecular complexity index is 923. The van der Waals surface area contributed by atoms with Crippen molar-refractivity contribution in [2.45, 2.75) is 84.0 Å². The highest BCUT2D eigenvalue weighted by Crippen LogP contribution is 2.12. The molecule has 0 saturated heterocycles. The number of aliphatic carboxylic acids is 1. The second kappa shape index (κ2) is 15.6. The summed E-state index contributed by atoms with van der Waals surface area (Å²) in [6.07, 6.45) is 0.702. The molecular weight excluding hydrogens is 478 g/mol. The summed E-state index contributed by atoms with van der Waals surface area (Å²) in [7, 11) is 0. The van der Waals surface area contributed by atoms with Crippen molar-refractivity contribution in [1.82, 2.24) is 16.0 Å². The third-order valence-electron chi connectivity index (χ3n) is 6.06. The topological polar surface area (TPSA) is 194 Å². The number of amides is 4. The highest BCUT2D eigenvalue weighted by atomic mass is 16.4. The number of carboxylic acids is 1. The van der Waals surface area contributed by atoms with E-state index in [2.05, 4.69) is 16.0 Å². The van der Waals surface area contributed by atoms with E-state index in [1.54, 1.807) is 6.92 Å². The Morgan fingerprint density at radius 1 is 0.892 bits per heavy atom. The summed E-state index contributed by atoms with van der Waals surface area (Å²) < 4.78 is 0. The van der Waals surface area contributed by atoms with Gasteiger partial charge in [0.05, 0.1) is 6.04 Å². The average molecular weight is 520 g/mol. The minimum absolute atomic E-state index is 0.0199. The van der Waals surface area contributed by atoms with Crippen molar-refractivity contribution in [3.05, 3.63) is 35.9 Å². The van der Waals surface area contributed by atoms with E-state index in [0.29, 0.717) is 6.42 Å². The average Bonchev–Trinajstić information content (AvgIpc) is 2.83. The second-order valence-electron chi connectivity index (χ2n) is 9.76. The summed E-state index contributed by atoms with van der Waals surface area (Å²) in [6, 6.07) is 4.82. The molecule has 5 unspecified atom stereocenters. The van der Waals surface area contributed by atoms with Gasteiger partial charge in [-0.1, -0.05) is 64.4 Å². The maximum atomic E-state index is 13.2. The van der Waals surface area contributed by atoms with Crippen molar-refractivity contribution in [3.63, 3.8) is 0 Å². The van der Waals surface area contributed by atoms with Crippen LogP contribution in [0, 0.1) is 11.8 Å². The van der Waals surface area contributed by atoms with Crippen LogP contribution in [0.15, 0.2) is 30.3 Å². The molecule has 0 aliphatic heterocycles. The van der Waals surface area contributed by atoms with Crippen LogP contribution in [0.25, 0.3) is 0 Å². The molecule has 5 atom stereocenters. The number of carboxylic acid groups (broad SMARTS) is 1. The number of rotatable bonds is 16. The number of primary amides is 1. The van der Waals surface area contributed by atoms with E-state index in [-0.39, 0.29) is 37.5 Å². The van der Waals surface area contributed by atoms with E-state index >= 15 is 0 Å². The van der Waals surface area contributed by atoms with E-state index in [0.717, 1.165) is 5.56 Å². The molecule has 0 spiro atoms. The number of carbonyl (C=O) groups excluding carboxylic acids is 4. The lowest BCUT2D eigenvalue weighted by molar-refractivity contribution is -0.143. The smallest absolute Gasteiger partial charge is 0.326 e. The molecule has 0 heterocycles. The van der Waals surface area contributed by atoms with Gasteiger partial charge in [0, 0.05) is 6.42 Å². The molecule has 0 aromatic heterocycles. The number of benzene rings is 1. The van der Waals surface area contributed by atoms with Crippen molar-refractivity contribution >= 4 is 29.6 Å². The van der Waals surface area contributed by atoms with Crippen LogP contribution in [-0.2, 0) is 30.4 Å². The lowest BCUT2D eigenvalue weighted by atomic mass is 9.96. The van der Waals surface area contributed by atoms with Gasteiger partial charge in [0.1, 0.15) is 18.1 Å². The first-order chi connectivity index (χ1) is 17.3. The van der Waals surface area contributed by atoms with Crippen LogP contribution in [0.4, 0.5) is 0 Å². The Morgan fingerprint density at radius 3 is 2.00 bits per heavy atom. The van der Waals surface area contributed by atoms with Gasteiger partial charge in [-0.05, 0) is 36.7 Å². The molecule has 0 radical (unpaired) electrons. The lowest BCUT2D eigenvalue weighted by Gasteiger charge is -2.28. The summed E-state index contributed by atoms with van der Waals surface area (Å²) >= 11 is 0. The zero-order chi connectivity index (χ0) is 28.1. The van der Waals surface area contributed by atoms with Gasteiger partial charge >= 0.3 is 5.97 Å². The van der Waals surface area contributed by atoms with E-state index < -0.39 is 53.8 Å². The van der Waals surface area contributed by atoms with Crippen molar-refractivity contribution < 1.29 is 29.1 Å². The molecule has 0 saturated carbocycles. The minimum atomic E-state index is -1.17. The molecule has 1 rings (SSSR count). The summed E-state index contributed by atoms with van der Waals surface area (Å²) in [5, 5.41) is 17.2. The third-order valence-corrected chi connectivity index (χ3v) is 6.06. The summed E-state index contributed by atoms with van der Waals surface area (Å²) in [6.45, 7) is 7.25. The number of nitrogens with one attached hydrogen (secondary N) is 3. The fourth-order valence-electron chi connectivity index (χ4n) is 3.71. The first-order valence-electron chi connectivity index (χ1n) is 12.6. The number of carbonyl (C=O) groups is 5. The Morgan fingerprint density at radius 2 is 1.49 bits per heavy atom. The fraction of sp³-hybridized carbons (Fsp3) is 0.577. The van der Waals surface area contributed by atoms with E-state index in [9.17, 15) is 29.1 Å². The molecule has 0 aliphatic carbocycles. The van der Waals surface area contributed by atoms with Gasteiger partial charge in [0.25, 0.3) is 0 Å². The molecule has 0 bridgehead atoms. The molecule has 206 valence electrons. The quantitative estimate of drug-likeness (QED) is 0.182. The maximum Gasteiger partial charge on any atom is 0.326 e. The van der Waals surface area contributed by atoms with Gasteiger partial charge in [0.15, 0.2) is 0 Å². The van der Waals surface area contributed by atoms with Crippen LogP contribution < -0.4 is 27.4 Å². The van der Waals surface area contributed by atoms with Crippen LogP contribution in [0.1, 0.15) is 58.9 Å². The van der Waals surface area contributed by atoms with E-state index in [1.165, 1.54) is 0 Å². The van der Waals surface area contributed by atoms with Crippen LogP contribution in [-0.4, -0.2) is 58.9 Å². The summed E-state index contributed by atoms with van der Waals surface area (Å²) in [5.74, 6) is -4.09. The highest BCUT2D eigenvalue weighted by molar-refractivity contribution is 5.94. The predicted octanol–water partition coefficient (Wildman–Crippen LogP) is 0.453. The number of hydrogen-bond acceptors (Lipinski definition) is 6. The van der Waals surface area contributed by atoms with Crippen LogP contribution in [0.5, 0.6) is 0 Å². The van der Waals surface area contributed by atoms with E-state index in [4.69, 9.17) is 11.5 Å². The lowest BCUT2D eigenvalue weighted by Crippen LogP contribution is -2.59. The van der Waals surface area contributed by atoms with Crippen molar-refractivity contribution in [2.24, 2.45) is 23.3 Å². The van der Waals surface area contributed by atoms with Crippen LogP contribution in [0.2, 0.25) is 0 Å². The molecule has 1 aromatic rings. The first-order valence-corrected chi connectivity index (χ1v) is 12.6. The van der Waals surface area contributed by atoms with Gasteiger partial charge in [-0.3, -0.25) is 19.2 Å². The maximum absolute atomic E-state index is 13.2. The van der Waals surface area contributed by atoms with Gasteiger partial charge in [-0.15, -0.1) is 0 Å².